The summed E-state index contributed by atoms with van der Waals surface area (Å²) in [6, 6.07) is 7.04. The summed E-state index contributed by atoms with van der Waals surface area (Å²) in [5.41, 5.74) is 1.55. The Hall–Kier alpha value is -1.81. The third kappa shape index (κ3) is 2.85. The van der Waals surface area contributed by atoms with Crippen LogP contribution in [-0.4, -0.2) is 23.7 Å². The van der Waals surface area contributed by atoms with Crippen molar-refractivity contribution in [2.45, 2.75) is 12.8 Å². The van der Waals surface area contributed by atoms with Gasteiger partial charge in [0.15, 0.2) is 0 Å². The second-order valence-corrected chi connectivity index (χ2v) is 3.87. The molecule has 90 valence electrons. The lowest BCUT2D eigenvalue weighted by Gasteiger charge is -1.98. The molecular weight excluding hydrogens is 216 g/mol. The van der Waals surface area contributed by atoms with Crippen LogP contribution in [0, 0.1) is 0 Å². The molecule has 0 bridgehead atoms. The number of nitrogens with one attached hydrogen (secondary N) is 1. The predicted octanol–water partition coefficient (Wildman–Crippen LogP) is 2.20. The van der Waals surface area contributed by atoms with Crippen molar-refractivity contribution in [3.8, 4) is 17.2 Å². The molecule has 1 aromatic heterocycles. The minimum Gasteiger partial charge on any atom is -0.507 e. The number of phenols is 1. The number of hydrogen-bond acceptors (Lipinski definition) is 4. The van der Waals surface area contributed by atoms with Crippen molar-refractivity contribution in [3.63, 3.8) is 0 Å². The molecular formula is C13H16N2O2. The van der Waals surface area contributed by atoms with Gasteiger partial charge in [0.1, 0.15) is 12.0 Å². The summed E-state index contributed by atoms with van der Waals surface area (Å²) < 4.78 is 5.37. The van der Waals surface area contributed by atoms with Crippen LogP contribution in [-0.2, 0) is 6.42 Å². The van der Waals surface area contributed by atoms with Crippen LogP contribution in [0.15, 0.2) is 34.9 Å². The zero-order valence-electron chi connectivity index (χ0n) is 9.81. The Balaban J connectivity index is 2.10. The third-order valence-electron chi connectivity index (χ3n) is 2.55. The largest absolute Gasteiger partial charge is 0.507 e. The molecule has 4 heteroatoms. The van der Waals surface area contributed by atoms with Crippen molar-refractivity contribution in [1.82, 2.24) is 10.3 Å². The van der Waals surface area contributed by atoms with Crippen molar-refractivity contribution in [1.29, 1.82) is 0 Å². The Kier molecular flexibility index (Phi) is 3.77. The number of aromatic nitrogens is 1. The van der Waals surface area contributed by atoms with Crippen molar-refractivity contribution in [2.24, 2.45) is 0 Å². The first-order valence-corrected chi connectivity index (χ1v) is 5.68. The average molecular weight is 232 g/mol. The summed E-state index contributed by atoms with van der Waals surface area (Å²) >= 11 is 0. The summed E-state index contributed by atoms with van der Waals surface area (Å²) in [6.07, 6.45) is 3.54. The van der Waals surface area contributed by atoms with Gasteiger partial charge in [0, 0.05) is 0 Å². The molecule has 0 aliphatic heterocycles. The molecule has 2 N–H and O–H groups in total. The molecule has 1 heterocycles. The SMILES string of the molecule is CNCCCc1coc(-c2ccccc2O)n1. The zero-order chi connectivity index (χ0) is 12.1. The van der Waals surface area contributed by atoms with E-state index < -0.39 is 0 Å². The molecule has 17 heavy (non-hydrogen) atoms. The van der Waals surface area contributed by atoms with E-state index in [4.69, 9.17) is 4.42 Å². The van der Waals surface area contributed by atoms with Gasteiger partial charge in [0.05, 0.1) is 11.3 Å². The number of aromatic hydroxyl groups is 1. The maximum absolute atomic E-state index is 9.68. The van der Waals surface area contributed by atoms with Crippen LogP contribution in [0.1, 0.15) is 12.1 Å². The third-order valence-corrected chi connectivity index (χ3v) is 2.55. The van der Waals surface area contributed by atoms with Gasteiger partial charge in [-0.15, -0.1) is 0 Å². The van der Waals surface area contributed by atoms with E-state index in [-0.39, 0.29) is 5.75 Å². The predicted molar refractivity (Wildman–Crippen MR) is 65.9 cm³/mol. The van der Waals surface area contributed by atoms with E-state index in [1.807, 2.05) is 13.1 Å². The Morgan fingerprint density at radius 1 is 1.35 bits per heavy atom. The van der Waals surface area contributed by atoms with Crippen LogP contribution in [0.2, 0.25) is 0 Å². The van der Waals surface area contributed by atoms with Crippen molar-refractivity contribution in [3.05, 3.63) is 36.2 Å². The summed E-state index contributed by atoms with van der Waals surface area (Å²) in [6.45, 7) is 0.957. The van der Waals surface area contributed by atoms with E-state index in [0.29, 0.717) is 11.5 Å². The van der Waals surface area contributed by atoms with Crippen LogP contribution < -0.4 is 5.32 Å². The monoisotopic (exact) mass is 232 g/mol. The Bertz CT molecular complexity index is 480. The maximum atomic E-state index is 9.68. The molecule has 0 aliphatic rings. The van der Waals surface area contributed by atoms with Gasteiger partial charge in [-0.05, 0) is 38.6 Å². The van der Waals surface area contributed by atoms with Crippen molar-refractivity contribution < 1.29 is 9.52 Å². The minimum atomic E-state index is 0.191. The number of rotatable bonds is 5. The molecule has 0 aliphatic carbocycles. The highest BCUT2D eigenvalue weighted by Crippen LogP contribution is 2.27. The fourth-order valence-electron chi connectivity index (χ4n) is 1.65. The molecule has 0 spiro atoms. The van der Waals surface area contributed by atoms with Crippen LogP contribution >= 0.6 is 0 Å². The molecule has 4 nitrogen and oxygen atoms in total. The fourth-order valence-corrected chi connectivity index (χ4v) is 1.65. The highest BCUT2D eigenvalue weighted by molar-refractivity contribution is 5.61. The topological polar surface area (TPSA) is 58.3 Å². The first-order chi connectivity index (χ1) is 8.31. The average Bonchev–Trinajstić information content (AvgIpc) is 2.79. The standard InChI is InChI=1S/C13H16N2O2/c1-14-8-4-5-10-9-17-13(15-10)11-6-2-3-7-12(11)16/h2-3,6-7,9,14,16H,4-5,8H2,1H3. The number of nitrogens with zero attached hydrogens (tertiary/aromatic N) is 1. The van der Waals surface area contributed by atoms with Gasteiger partial charge in [0.25, 0.3) is 0 Å². The van der Waals surface area contributed by atoms with E-state index in [2.05, 4.69) is 10.3 Å². The smallest absolute Gasteiger partial charge is 0.229 e. The highest BCUT2D eigenvalue weighted by atomic mass is 16.3. The lowest BCUT2D eigenvalue weighted by molar-refractivity contribution is 0.473. The molecule has 2 rings (SSSR count). The Labute approximate surface area is 100 Å². The normalized spacial score (nSPS) is 10.6. The maximum Gasteiger partial charge on any atom is 0.229 e. The first kappa shape index (κ1) is 11.7. The second kappa shape index (κ2) is 5.50. The fraction of sp³-hybridized carbons (Fsp3) is 0.308. The molecule has 1 aromatic carbocycles. The summed E-state index contributed by atoms with van der Waals surface area (Å²) in [5.74, 6) is 0.665. The lowest BCUT2D eigenvalue weighted by atomic mass is 10.2. The van der Waals surface area contributed by atoms with E-state index >= 15 is 0 Å². The summed E-state index contributed by atoms with van der Waals surface area (Å²) in [7, 11) is 1.93. The van der Waals surface area contributed by atoms with Gasteiger partial charge in [-0.2, -0.15) is 0 Å². The Morgan fingerprint density at radius 3 is 2.94 bits per heavy atom. The van der Waals surface area contributed by atoms with Crippen LogP contribution in [0.5, 0.6) is 5.75 Å². The Morgan fingerprint density at radius 2 is 2.18 bits per heavy atom. The van der Waals surface area contributed by atoms with Gasteiger partial charge in [0.2, 0.25) is 5.89 Å². The van der Waals surface area contributed by atoms with E-state index in [0.717, 1.165) is 25.1 Å². The zero-order valence-corrected chi connectivity index (χ0v) is 9.81. The number of phenolic OH excluding ortho intramolecular Hbond substituents is 1. The van der Waals surface area contributed by atoms with Gasteiger partial charge in [-0.1, -0.05) is 12.1 Å². The van der Waals surface area contributed by atoms with Crippen LogP contribution in [0.3, 0.4) is 0 Å². The van der Waals surface area contributed by atoms with E-state index in [9.17, 15) is 5.11 Å². The van der Waals surface area contributed by atoms with Gasteiger partial charge >= 0.3 is 0 Å². The van der Waals surface area contributed by atoms with Gasteiger partial charge in [-0.25, -0.2) is 4.98 Å². The van der Waals surface area contributed by atoms with Crippen LogP contribution in [0.25, 0.3) is 11.5 Å². The molecule has 0 amide bonds. The lowest BCUT2D eigenvalue weighted by Crippen LogP contribution is -2.08. The second-order valence-electron chi connectivity index (χ2n) is 3.87. The molecule has 0 fully saturated rings. The van der Waals surface area contributed by atoms with Crippen LogP contribution in [0.4, 0.5) is 0 Å². The molecule has 0 unspecified atom stereocenters. The number of benzene rings is 1. The van der Waals surface area contributed by atoms with Crippen molar-refractivity contribution >= 4 is 0 Å². The number of para-hydroxylation sites is 1. The van der Waals surface area contributed by atoms with Gasteiger partial charge < -0.3 is 14.8 Å². The van der Waals surface area contributed by atoms with Crippen molar-refractivity contribution in [2.75, 3.05) is 13.6 Å². The van der Waals surface area contributed by atoms with E-state index in [1.165, 1.54) is 0 Å². The molecule has 0 saturated heterocycles. The number of hydrogen-bond donors (Lipinski definition) is 2. The minimum absolute atomic E-state index is 0.191. The molecule has 0 radical (unpaired) electrons. The summed E-state index contributed by atoms with van der Waals surface area (Å²) in [5, 5.41) is 12.8. The quantitative estimate of drug-likeness (QED) is 0.776. The number of oxazole rings is 1. The molecule has 2 aromatic rings. The highest BCUT2D eigenvalue weighted by Gasteiger charge is 2.09. The van der Waals surface area contributed by atoms with E-state index in [1.54, 1.807) is 24.5 Å². The molecule has 0 atom stereocenters. The first-order valence-electron chi connectivity index (χ1n) is 5.68. The molecule has 0 saturated carbocycles. The summed E-state index contributed by atoms with van der Waals surface area (Å²) in [4.78, 5) is 4.36. The van der Waals surface area contributed by atoms with Gasteiger partial charge in [-0.3, -0.25) is 0 Å². The number of aryl methyl sites for hydroxylation is 1.